The summed E-state index contributed by atoms with van der Waals surface area (Å²) in [5.74, 6) is -0.715. The first-order chi connectivity index (χ1) is 9.56. The number of aryl methyl sites for hydroxylation is 1. The van der Waals surface area contributed by atoms with Crippen LogP contribution in [-0.4, -0.2) is 27.9 Å². The lowest BCUT2D eigenvalue weighted by Crippen LogP contribution is -2.13. The van der Waals surface area contributed by atoms with E-state index in [-0.39, 0.29) is 12.4 Å². The van der Waals surface area contributed by atoms with Gasteiger partial charge in [-0.05, 0) is 25.5 Å². The van der Waals surface area contributed by atoms with Gasteiger partial charge >= 0.3 is 6.09 Å². The summed E-state index contributed by atoms with van der Waals surface area (Å²) in [5, 5.41) is 23.2. The fraction of sp³-hybridized carbons (Fsp3) is 0.286. The van der Waals surface area contributed by atoms with Crippen molar-refractivity contribution < 1.29 is 19.7 Å². The minimum Gasteiger partial charge on any atom is -0.503 e. The average molecular weight is 276 g/mol. The first-order valence-electron chi connectivity index (χ1n) is 6.35. The molecule has 6 nitrogen and oxygen atoms in total. The monoisotopic (exact) mass is 276 g/mol. The van der Waals surface area contributed by atoms with Crippen molar-refractivity contribution in [1.82, 2.24) is 4.98 Å². The van der Waals surface area contributed by atoms with Crippen LogP contribution >= 0.6 is 0 Å². The number of ether oxygens (including phenoxy) is 1. The molecule has 6 heteroatoms. The number of hydrogen-bond donors (Lipinski definition) is 3. The highest BCUT2D eigenvalue weighted by Gasteiger charge is 2.13. The topological polar surface area (TPSA) is 91.7 Å². The van der Waals surface area contributed by atoms with Gasteiger partial charge in [-0.3, -0.25) is 5.32 Å². The van der Waals surface area contributed by atoms with Crippen LogP contribution in [0.25, 0.3) is 10.8 Å². The summed E-state index contributed by atoms with van der Waals surface area (Å²) in [6.45, 7) is 3.89. The third-order valence-corrected chi connectivity index (χ3v) is 2.89. The van der Waals surface area contributed by atoms with Crippen LogP contribution in [0.1, 0.15) is 19.5 Å². The molecule has 2 aromatic rings. The van der Waals surface area contributed by atoms with Crippen molar-refractivity contribution >= 4 is 22.6 Å². The van der Waals surface area contributed by atoms with Gasteiger partial charge in [0.15, 0.2) is 5.75 Å². The van der Waals surface area contributed by atoms with Crippen LogP contribution in [0.15, 0.2) is 18.2 Å². The van der Waals surface area contributed by atoms with Crippen molar-refractivity contribution in [3.05, 3.63) is 23.9 Å². The Labute approximate surface area is 116 Å². The van der Waals surface area contributed by atoms with Gasteiger partial charge in [-0.25, -0.2) is 9.78 Å². The Kier molecular flexibility index (Phi) is 3.93. The van der Waals surface area contributed by atoms with E-state index in [1.807, 2.05) is 6.92 Å². The second kappa shape index (κ2) is 5.64. The zero-order valence-corrected chi connectivity index (χ0v) is 11.3. The Morgan fingerprint density at radius 2 is 2.05 bits per heavy atom. The van der Waals surface area contributed by atoms with Crippen LogP contribution in [0.5, 0.6) is 11.6 Å². The summed E-state index contributed by atoms with van der Waals surface area (Å²) in [6.07, 6.45) is 0.0509. The van der Waals surface area contributed by atoms with Gasteiger partial charge < -0.3 is 14.9 Å². The lowest BCUT2D eigenvalue weighted by Gasteiger charge is -2.10. The second-order valence-corrected chi connectivity index (χ2v) is 4.19. The van der Waals surface area contributed by atoms with E-state index in [0.29, 0.717) is 23.2 Å². The van der Waals surface area contributed by atoms with Crippen LogP contribution < -0.4 is 5.32 Å². The molecule has 0 saturated heterocycles. The molecule has 2 rings (SSSR count). The molecule has 0 aliphatic rings. The summed E-state index contributed by atoms with van der Waals surface area (Å²) < 4.78 is 4.78. The quantitative estimate of drug-likeness (QED) is 0.801. The molecular weight excluding hydrogens is 260 g/mol. The number of nitrogens with one attached hydrogen (secondary N) is 1. The molecule has 0 spiro atoms. The molecule has 0 unspecified atom stereocenters. The number of carbonyl (C=O) groups is 1. The minimum atomic E-state index is -0.569. The number of rotatable bonds is 3. The third-order valence-electron chi connectivity index (χ3n) is 2.89. The summed E-state index contributed by atoms with van der Waals surface area (Å²) in [5.41, 5.74) is 1.15. The van der Waals surface area contributed by atoms with E-state index < -0.39 is 12.0 Å². The van der Waals surface area contributed by atoms with E-state index in [9.17, 15) is 15.0 Å². The molecule has 1 amide bonds. The van der Waals surface area contributed by atoms with Crippen molar-refractivity contribution in [2.75, 3.05) is 11.9 Å². The standard InChI is InChI=1S/C14H16N2O4/c1-3-11-9-6-5-8(15-14(19)20-4-2)7-10(9)12(17)13(18)16-11/h5-7,17H,3-4H2,1-2H3,(H,15,19)(H,16,18). The summed E-state index contributed by atoms with van der Waals surface area (Å²) >= 11 is 0. The minimum absolute atomic E-state index is 0.273. The Hall–Kier alpha value is -2.50. The average Bonchev–Trinajstić information content (AvgIpc) is 2.43. The number of pyridine rings is 1. The highest BCUT2D eigenvalue weighted by atomic mass is 16.5. The van der Waals surface area contributed by atoms with Crippen molar-refractivity contribution in [3.63, 3.8) is 0 Å². The van der Waals surface area contributed by atoms with Crippen molar-refractivity contribution in [3.8, 4) is 11.6 Å². The molecule has 1 aromatic heterocycles. The summed E-state index contributed by atoms with van der Waals surface area (Å²) in [6, 6.07) is 5.00. The maximum absolute atomic E-state index is 11.4. The van der Waals surface area contributed by atoms with Gasteiger partial charge in [-0.2, -0.15) is 0 Å². The lowest BCUT2D eigenvalue weighted by molar-refractivity contribution is 0.168. The predicted octanol–water partition coefficient (Wildman–Crippen LogP) is 2.78. The van der Waals surface area contributed by atoms with E-state index >= 15 is 0 Å². The predicted molar refractivity (Wildman–Crippen MR) is 75.1 cm³/mol. The molecule has 3 N–H and O–H groups in total. The zero-order valence-electron chi connectivity index (χ0n) is 11.3. The number of aromatic hydroxyl groups is 2. The van der Waals surface area contributed by atoms with E-state index in [1.165, 1.54) is 0 Å². The highest BCUT2D eigenvalue weighted by molar-refractivity contribution is 5.96. The molecular formula is C14H16N2O4. The number of aromatic nitrogens is 1. The molecule has 20 heavy (non-hydrogen) atoms. The van der Waals surface area contributed by atoms with Crippen LogP contribution in [0, 0.1) is 0 Å². The van der Waals surface area contributed by atoms with E-state index in [0.717, 1.165) is 5.39 Å². The first kappa shape index (κ1) is 13.9. The second-order valence-electron chi connectivity index (χ2n) is 4.19. The maximum Gasteiger partial charge on any atom is 0.411 e. The number of amides is 1. The molecule has 106 valence electrons. The van der Waals surface area contributed by atoms with E-state index in [2.05, 4.69) is 10.3 Å². The molecule has 0 fully saturated rings. The molecule has 0 bridgehead atoms. The number of carbonyl (C=O) groups excluding carboxylic acids is 1. The van der Waals surface area contributed by atoms with Gasteiger partial charge in [0.05, 0.1) is 12.3 Å². The fourth-order valence-electron chi connectivity index (χ4n) is 1.99. The summed E-state index contributed by atoms with van der Waals surface area (Å²) in [7, 11) is 0. The number of hydrogen-bond acceptors (Lipinski definition) is 5. The molecule has 0 aliphatic heterocycles. The van der Waals surface area contributed by atoms with Crippen LogP contribution in [0.4, 0.5) is 10.5 Å². The van der Waals surface area contributed by atoms with Crippen molar-refractivity contribution in [2.24, 2.45) is 0 Å². The Bertz CT molecular complexity index is 655. The number of benzene rings is 1. The maximum atomic E-state index is 11.4. The normalized spacial score (nSPS) is 10.5. The number of anilines is 1. The molecule has 0 aliphatic carbocycles. The first-order valence-corrected chi connectivity index (χ1v) is 6.35. The van der Waals surface area contributed by atoms with E-state index in [1.54, 1.807) is 25.1 Å². The number of nitrogens with zero attached hydrogens (tertiary/aromatic N) is 1. The Morgan fingerprint density at radius 3 is 2.70 bits per heavy atom. The van der Waals surface area contributed by atoms with Gasteiger partial charge in [-0.15, -0.1) is 0 Å². The van der Waals surface area contributed by atoms with Crippen molar-refractivity contribution in [1.29, 1.82) is 0 Å². The molecule has 0 saturated carbocycles. The van der Waals surface area contributed by atoms with Crippen LogP contribution in [-0.2, 0) is 11.2 Å². The largest absolute Gasteiger partial charge is 0.503 e. The third kappa shape index (κ3) is 2.59. The molecule has 0 radical (unpaired) electrons. The van der Waals surface area contributed by atoms with Crippen LogP contribution in [0.2, 0.25) is 0 Å². The lowest BCUT2D eigenvalue weighted by atomic mass is 10.1. The Balaban J connectivity index is 2.48. The summed E-state index contributed by atoms with van der Waals surface area (Å²) in [4.78, 5) is 15.3. The smallest absolute Gasteiger partial charge is 0.411 e. The number of fused-ring (bicyclic) bond motifs is 1. The van der Waals surface area contributed by atoms with Crippen molar-refractivity contribution in [2.45, 2.75) is 20.3 Å². The fourth-order valence-corrected chi connectivity index (χ4v) is 1.99. The van der Waals surface area contributed by atoms with Gasteiger partial charge in [0.2, 0.25) is 0 Å². The zero-order chi connectivity index (χ0) is 14.7. The molecule has 1 aromatic carbocycles. The van der Waals surface area contributed by atoms with Crippen LogP contribution in [0.3, 0.4) is 0 Å². The van der Waals surface area contributed by atoms with Gasteiger partial charge in [0.1, 0.15) is 0 Å². The van der Waals surface area contributed by atoms with Gasteiger partial charge in [0.25, 0.3) is 5.88 Å². The highest BCUT2D eigenvalue weighted by Crippen LogP contribution is 2.35. The van der Waals surface area contributed by atoms with Gasteiger partial charge in [-0.1, -0.05) is 13.0 Å². The SMILES string of the molecule is CCOC(=O)Nc1ccc2c(CC)nc(O)c(O)c2c1. The van der Waals surface area contributed by atoms with Gasteiger partial charge in [0, 0.05) is 16.5 Å². The Morgan fingerprint density at radius 1 is 1.30 bits per heavy atom. The van der Waals surface area contributed by atoms with E-state index in [4.69, 9.17) is 4.74 Å². The molecule has 0 atom stereocenters. The molecule has 1 heterocycles.